The van der Waals surface area contributed by atoms with Crippen molar-refractivity contribution in [3.8, 4) is 0 Å². The van der Waals surface area contributed by atoms with Gasteiger partial charge in [0.1, 0.15) is 0 Å². The van der Waals surface area contributed by atoms with Crippen LogP contribution < -0.4 is 5.73 Å². The Balaban J connectivity index is 1.84. The Morgan fingerprint density at radius 3 is 2.86 bits per heavy atom. The van der Waals surface area contributed by atoms with E-state index in [1.807, 2.05) is 5.38 Å². The number of amides is 2. The van der Waals surface area contributed by atoms with Gasteiger partial charge in [0.15, 0.2) is 5.82 Å². The van der Waals surface area contributed by atoms with E-state index in [1.165, 1.54) is 11.3 Å². The van der Waals surface area contributed by atoms with E-state index in [9.17, 15) is 9.59 Å². The molecule has 8 heteroatoms. The summed E-state index contributed by atoms with van der Waals surface area (Å²) in [5.41, 5.74) is 6.06. The first-order valence-electron chi connectivity index (χ1n) is 6.47. The lowest BCUT2D eigenvalue weighted by Gasteiger charge is -2.14. The third-order valence-electron chi connectivity index (χ3n) is 3.60. The number of likely N-dealkylation sites (tertiary alicyclic amines) is 1. The van der Waals surface area contributed by atoms with Gasteiger partial charge in [0, 0.05) is 18.5 Å². The number of carbonyl (C=O) groups is 2. The molecule has 0 bridgehead atoms. The van der Waals surface area contributed by atoms with Gasteiger partial charge in [-0.3, -0.25) is 9.59 Å². The maximum atomic E-state index is 12.4. The number of primary amides is 1. The van der Waals surface area contributed by atoms with Crippen molar-refractivity contribution in [2.75, 3.05) is 13.1 Å². The summed E-state index contributed by atoms with van der Waals surface area (Å²) in [5, 5.41) is 7.36. The minimum absolute atomic E-state index is 0.110. The molecule has 0 spiro atoms. The van der Waals surface area contributed by atoms with Gasteiger partial charge in [0.05, 0.1) is 17.4 Å². The van der Waals surface area contributed by atoms with Gasteiger partial charge in [-0.15, -0.1) is 0 Å². The molecule has 0 aliphatic carbocycles. The van der Waals surface area contributed by atoms with E-state index in [1.54, 1.807) is 23.3 Å². The molecule has 2 aromatic heterocycles. The van der Waals surface area contributed by atoms with Crippen molar-refractivity contribution in [1.29, 1.82) is 0 Å². The largest absolute Gasteiger partial charge is 0.369 e. The van der Waals surface area contributed by atoms with Crippen molar-refractivity contribution in [2.24, 2.45) is 11.7 Å². The van der Waals surface area contributed by atoms with Crippen molar-refractivity contribution in [3.63, 3.8) is 0 Å². The van der Waals surface area contributed by atoms with E-state index < -0.39 is 11.8 Å². The zero-order valence-corrected chi connectivity index (χ0v) is 12.2. The lowest BCUT2D eigenvalue weighted by Crippen LogP contribution is -2.31. The van der Waals surface area contributed by atoms with Gasteiger partial charge in [-0.2, -0.15) is 16.3 Å². The second-order valence-electron chi connectivity index (χ2n) is 5.02. The fourth-order valence-electron chi connectivity index (χ4n) is 2.54. The lowest BCUT2D eigenvalue weighted by molar-refractivity contribution is -0.121. The first-order chi connectivity index (χ1) is 10.1. The summed E-state index contributed by atoms with van der Waals surface area (Å²) in [7, 11) is 0. The van der Waals surface area contributed by atoms with Crippen molar-refractivity contribution in [2.45, 2.75) is 12.8 Å². The number of hydrogen-bond acceptors (Lipinski definition) is 6. The molecule has 1 aliphatic heterocycles. The molecule has 2 aromatic rings. The van der Waals surface area contributed by atoms with Gasteiger partial charge in [-0.05, 0) is 18.4 Å². The highest BCUT2D eigenvalue weighted by Crippen LogP contribution is 2.32. The minimum Gasteiger partial charge on any atom is -0.369 e. The van der Waals surface area contributed by atoms with E-state index in [0.29, 0.717) is 23.8 Å². The van der Waals surface area contributed by atoms with Gasteiger partial charge in [0.25, 0.3) is 5.91 Å². The van der Waals surface area contributed by atoms with Crippen LogP contribution in [0.15, 0.2) is 21.3 Å². The molecule has 7 nitrogen and oxygen atoms in total. The molecule has 0 aromatic carbocycles. The first kappa shape index (κ1) is 13.7. The molecule has 3 heterocycles. The van der Waals surface area contributed by atoms with Crippen molar-refractivity contribution >= 4 is 23.2 Å². The molecule has 1 saturated heterocycles. The number of nitrogens with zero attached hydrogens (tertiary/aromatic N) is 3. The molecule has 3 rings (SSSR count). The Labute approximate surface area is 124 Å². The molecular weight excluding hydrogens is 292 g/mol. The fraction of sp³-hybridized carbons (Fsp3) is 0.385. The van der Waals surface area contributed by atoms with Gasteiger partial charge in [0.2, 0.25) is 11.8 Å². The predicted molar refractivity (Wildman–Crippen MR) is 74.7 cm³/mol. The fourth-order valence-corrected chi connectivity index (χ4v) is 3.17. The third kappa shape index (κ3) is 2.54. The van der Waals surface area contributed by atoms with Crippen LogP contribution in [0.2, 0.25) is 0 Å². The highest BCUT2D eigenvalue weighted by molar-refractivity contribution is 7.08. The van der Waals surface area contributed by atoms with Gasteiger partial charge in [-0.1, -0.05) is 5.16 Å². The zero-order chi connectivity index (χ0) is 15.0. The van der Waals surface area contributed by atoms with Crippen LogP contribution >= 0.6 is 11.3 Å². The van der Waals surface area contributed by atoms with Gasteiger partial charge < -0.3 is 15.2 Å². The molecule has 1 fully saturated rings. The Kier molecular flexibility index (Phi) is 3.46. The van der Waals surface area contributed by atoms with Gasteiger partial charge >= 0.3 is 0 Å². The molecule has 0 saturated carbocycles. The number of nitrogens with two attached hydrogens (primary N) is 1. The number of carbonyl (C=O) groups excluding carboxylic acids is 2. The van der Waals surface area contributed by atoms with E-state index >= 15 is 0 Å². The highest BCUT2D eigenvalue weighted by atomic mass is 32.1. The number of aryl methyl sites for hydroxylation is 1. The van der Waals surface area contributed by atoms with Crippen LogP contribution in [-0.2, 0) is 4.79 Å². The Morgan fingerprint density at radius 1 is 1.48 bits per heavy atom. The second kappa shape index (κ2) is 5.28. The highest BCUT2D eigenvalue weighted by Gasteiger charge is 2.42. The molecule has 110 valence electrons. The van der Waals surface area contributed by atoms with E-state index in [0.717, 1.165) is 0 Å². The van der Waals surface area contributed by atoms with E-state index in [2.05, 4.69) is 10.1 Å². The first-order valence-corrected chi connectivity index (χ1v) is 7.41. The SMILES string of the molecule is Cc1noc(C2CN(C(=O)c3ccsc3)CC2C(N)=O)n1. The number of rotatable bonds is 3. The maximum absolute atomic E-state index is 12.4. The van der Waals surface area contributed by atoms with Crippen LogP contribution in [0.1, 0.15) is 28.0 Å². The summed E-state index contributed by atoms with van der Waals surface area (Å²) >= 11 is 1.45. The monoisotopic (exact) mass is 306 g/mol. The average molecular weight is 306 g/mol. The van der Waals surface area contributed by atoms with Crippen LogP contribution in [0, 0.1) is 12.8 Å². The lowest BCUT2D eigenvalue weighted by atomic mass is 9.95. The summed E-state index contributed by atoms with van der Waals surface area (Å²) < 4.78 is 5.14. The predicted octanol–water partition coefficient (Wildman–Crippen LogP) is 0.781. The van der Waals surface area contributed by atoms with Crippen LogP contribution in [0.3, 0.4) is 0 Å². The molecule has 21 heavy (non-hydrogen) atoms. The average Bonchev–Trinajstić information content (AvgIpc) is 3.17. The standard InChI is InChI=1S/C13H14N4O3S/c1-7-15-12(20-16-7)10-5-17(4-9(10)11(14)18)13(19)8-2-3-21-6-8/h2-3,6,9-10H,4-5H2,1H3,(H2,14,18). The van der Waals surface area contributed by atoms with E-state index in [-0.39, 0.29) is 18.4 Å². The smallest absolute Gasteiger partial charge is 0.254 e. The Bertz CT molecular complexity index is 667. The Morgan fingerprint density at radius 2 is 2.29 bits per heavy atom. The number of hydrogen-bond donors (Lipinski definition) is 1. The summed E-state index contributed by atoms with van der Waals surface area (Å²) in [6, 6.07) is 1.76. The summed E-state index contributed by atoms with van der Waals surface area (Å²) in [5.74, 6) is -0.566. The van der Waals surface area contributed by atoms with Crippen molar-refractivity contribution < 1.29 is 14.1 Å². The van der Waals surface area contributed by atoms with Crippen LogP contribution in [0.5, 0.6) is 0 Å². The maximum Gasteiger partial charge on any atom is 0.254 e. The molecular formula is C13H14N4O3S. The molecule has 2 unspecified atom stereocenters. The molecule has 2 amide bonds. The minimum atomic E-state index is -0.507. The van der Waals surface area contributed by atoms with Crippen molar-refractivity contribution in [1.82, 2.24) is 15.0 Å². The van der Waals surface area contributed by atoms with Crippen LogP contribution in [0.4, 0.5) is 0 Å². The van der Waals surface area contributed by atoms with Gasteiger partial charge in [-0.25, -0.2) is 0 Å². The second-order valence-corrected chi connectivity index (χ2v) is 5.80. The van der Waals surface area contributed by atoms with Crippen LogP contribution in [-0.4, -0.2) is 39.9 Å². The third-order valence-corrected chi connectivity index (χ3v) is 4.28. The zero-order valence-electron chi connectivity index (χ0n) is 11.4. The molecule has 2 N–H and O–H groups in total. The summed E-state index contributed by atoms with van der Waals surface area (Å²) in [6.45, 7) is 2.33. The van der Waals surface area contributed by atoms with Crippen LogP contribution in [0.25, 0.3) is 0 Å². The molecule has 0 radical (unpaired) electrons. The summed E-state index contributed by atoms with van der Waals surface area (Å²) in [6.07, 6.45) is 0. The van der Waals surface area contributed by atoms with E-state index in [4.69, 9.17) is 10.3 Å². The van der Waals surface area contributed by atoms with Crippen molar-refractivity contribution in [3.05, 3.63) is 34.1 Å². The molecule has 2 atom stereocenters. The topological polar surface area (TPSA) is 102 Å². The normalized spacial score (nSPS) is 21.7. The molecule has 1 aliphatic rings. The Hall–Kier alpha value is -2.22. The quantitative estimate of drug-likeness (QED) is 0.902. The number of aromatic nitrogens is 2. The number of thiophene rings is 1. The summed E-state index contributed by atoms with van der Waals surface area (Å²) in [4.78, 5) is 29.8.